The largest absolute Gasteiger partial charge is 0.343 e. The number of nitrogens with zero attached hydrogens (tertiary/aromatic N) is 2. The summed E-state index contributed by atoms with van der Waals surface area (Å²) in [6.45, 7) is 3.95. The van der Waals surface area contributed by atoms with E-state index in [4.69, 9.17) is 0 Å². The van der Waals surface area contributed by atoms with E-state index in [1.165, 1.54) is 27.7 Å². The average Bonchev–Trinajstić information content (AvgIpc) is 2.91. The lowest BCUT2D eigenvalue weighted by Crippen LogP contribution is -2.14. The summed E-state index contributed by atoms with van der Waals surface area (Å²) in [5.74, 6) is 0. The Kier molecular flexibility index (Phi) is 3.57. The first-order valence-corrected chi connectivity index (χ1v) is 8.40. The van der Waals surface area contributed by atoms with Crippen LogP contribution in [0.25, 0.3) is 33.1 Å². The standard InChI is InChI=1S/C22H20N2O/c1-4-8-17-21-16-11-14-20(25)23(2)18(16)12-13-19(21)24(3)22(17)15-9-6-5-7-10-15/h4-7,9-14H,1,8H2,2-3H3. The molecule has 0 aliphatic heterocycles. The van der Waals surface area contributed by atoms with Crippen molar-refractivity contribution in [2.75, 3.05) is 0 Å². The van der Waals surface area contributed by atoms with Crippen molar-refractivity contribution in [2.45, 2.75) is 6.42 Å². The van der Waals surface area contributed by atoms with Crippen LogP contribution in [0.15, 0.2) is 72.0 Å². The lowest BCUT2D eigenvalue weighted by molar-refractivity contribution is 0.906. The van der Waals surface area contributed by atoms with Crippen LogP contribution in [-0.4, -0.2) is 9.13 Å². The fourth-order valence-electron chi connectivity index (χ4n) is 3.79. The summed E-state index contributed by atoms with van der Waals surface area (Å²) in [6.07, 6.45) is 2.73. The molecule has 2 aromatic heterocycles. The number of pyridine rings is 1. The zero-order valence-electron chi connectivity index (χ0n) is 14.5. The minimum Gasteiger partial charge on any atom is -0.343 e. The number of allylic oxidation sites excluding steroid dienone is 1. The molecule has 0 spiro atoms. The molecule has 4 rings (SSSR count). The van der Waals surface area contributed by atoms with E-state index < -0.39 is 0 Å². The molecule has 0 saturated heterocycles. The lowest BCUT2D eigenvalue weighted by Gasteiger charge is -2.07. The van der Waals surface area contributed by atoms with Crippen molar-refractivity contribution in [3.63, 3.8) is 0 Å². The molecule has 0 radical (unpaired) electrons. The van der Waals surface area contributed by atoms with Gasteiger partial charge in [0.1, 0.15) is 0 Å². The minimum atomic E-state index is 0.0105. The molecule has 0 saturated carbocycles. The molecule has 0 unspecified atom stereocenters. The van der Waals surface area contributed by atoms with Crippen molar-refractivity contribution in [3.05, 3.63) is 83.2 Å². The summed E-state index contributed by atoms with van der Waals surface area (Å²) in [4.78, 5) is 12.0. The second kappa shape index (κ2) is 5.78. The summed E-state index contributed by atoms with van der Waals surface area (Å²) < 4.78 is 3.95. The van der Waals surface area contributed by atoms with Crippen molar-refractivity contribution < 1.29 is 0 Å². The maximum atomic E-state index is 12.0. The van der Waals surface area contributed by atoms with Crippen LogP contribution in [0.5, 0.6) is 0 Å². The van der Waals surface area contributed by atoms with Gasteiger partial charge in [-0.05, 0) is 35.7 Å². The van der Waals surface area contributed by atoms with Crippen LogP contribution in [-0.2, 0) is 20.5 Å². The fraction of sp³-hybridized carbons (Fsp3) is 0.136. The van der Waals surface area contributed by atoms with Crippen molar-refractivity contribution >= 4 is 21.8 Å². The van der Waals surface area contributed by atoms with Gasteiger partial charge in [-0.15, -0.1) is 6.58 Å². The Morgan fingerprint density at radius 2 is 1.64 bits per heavy atom. The van der Waals surface area contributed by atoms with Gasteiger partial charge >= 0.3 is 0 Å². The highest BCUT2D eigenvalue weighted by Gasteiger charge is 2.18. The van der Waals surface area contributed by atoms with Crippen LogP contribution in [0, 0.1) is 0 Å². The molecule has 2 aromatic carbocycles. The Bertz CT molecular complexity index is 1160. The van der Waals surface area contributed by atoms with Crippen molar-refractivity contribution in [3.8, 4) is 11.3 Å². The molecule has 3 heteroatoms. The predicted molar refractivity (Wildman–Crippen MR) is 105 cm³/mol. The highest BCUT2D eigenvalue weighted by Crippen LogP contribution is 2.37. The van der Waals surface area contributed by atoms with Crippen LogP contribution in [0.4, 0.5) is 0 Å². The topological polar surface area (TPSA) is 26.9 Å². The monoisotopic (exact) mass is 328 g/mol. The normalized spacial score (nSPS) is 11.3. The van der Waals surface area contributed by atoms with Gasteiger partial charge in [-0.1, -0.05) is 36.4 Å². The number of hydrogen-bond donors (Lipinski definition) is 0. The second-order valence-electron chi connectivity index (χ2n) is 6.37. The third-order valence-electron chi connectivity index (χ3n) is 4.97. The highest BCUT2D eigenvalue weighted by molar-refractivity contribution is 6.10. The van der Waals surface area contributed by atoms with E-state index in [0.717, 1.165) is 17.3 Å². The van der Waals surface area contributed by atoms with E-state index in [1.54, 1.807) is 10.6 Å². The summed E-state index contributed by atoms with van der Waals surface area (Å²) in [6, 6.07) is 18.2. The second-order valence-corrected chi connectivity index (χ2v) is 6.37. The maximum absolute atomic E-state index is 12.0. The molecule has 0 atom stereocenters. The Morgan fingerprint density at radius 3 is 2.36 bits per heavy atom. The molecule has 0 fully saturated rings. The molecule has 4 aromatic rings. The van der Waals surface area contributed by atoms with E-state index in [-0.39, 0.29) is 5.56 Å². The van der Waals surface area contributed by atoms with Crippen LogP contribution in [0.2, 0.25) is 0 Å². The molecule has 0 N–H and O–H groups in total. The Morgan fingerprint density at radius 1 is 0.920 bits per heavy atom. The van der Waals surface area contributed by atoms with Crippen LogP contribution in [0.3, 0.4) is 0 Å². The quantitative estimate of drug-likeness (QED) is 0.511. The average molecular weight is 328 g/mol. The summed E-state index contributed by atoms with van der Waals surface area (Å²) in [7, 11) is 3.93. The summed E-state index contributed by atoms with van der Waals surface area (Å²) in [5, 5.41) is 2.31. The Labute approximate surface area is 146 Å². The van der Waals surface area contributed by atoms with Gasteiger partial charge in [0.05, 0.1) is 11.2 Å². The van der Waals surface area contributed by atoms with Gasteiger partial charge < -0.3 is 9.13 Å². The van der Waals surface area contributed by atoms with Crippen molar-refractivity contribution in [1.82, 2.24) is 9.13 Å². The van der Waals surface area contributed by atoms with Crippen LogP contribution >= 0.6 is 0 Å². The number of aromatic nitrogens is 2. The summed E-state index contributed by atoms with van der Waals surface area (Å²) >= 11 is 0. The highest BCUT2D eigenvalue weighted by atomic mass is 16.1. The van der Waals surface area contributed by atoms with E-state index in [1.807, 2.05) is 31.3 Å². The summed E-state index contributed by atoms with van der Waals surface area (Å²) in [5.41, 5.74) is 5.78. The van der Waals surface area contributed by atoms with Crippen LogP contribution in [0.1, 0.15) is 5.56 Å². The zero-order chi connectivity index (χ0) is 17.6. The van der Waals surface area contributed by atoms with E-state index in [0.29, 0.717) is 0 Å². The number of aryl methyl sites for hydroxylation is 2. The number of fused-ring (bicyclic) bond motifs is 3. The molecule has 2 heterocycles. The van der Waals surface area contributed by atoms with Gasteiger partial charge in [0, 0.05) is 36.5 Å². The minimum absolute atomic E-state index is 0.0105. The number of hydrogen-bond acceptors (Lipinski definition) is 1. The van der Waals surface area contributed by atoms with E-state index in [2.05, 4.69) is 48.5 Å². The number of rotatable bonds is 3. The fourth-order valence-corrected chi connectivity index (χ4v) is 3.79. The molecular formula is C22H20N2O. The van der Waals surface area contributed by atoms with Gasteiger partial charge in [0.25, 0.3) is 5.56 Å². The SMILES string of the molecule is C=CCc1c(-c2ccccc2)n(C)c2ccc3c(ccc(=O)n3C)c12. The molecular weight excluding hydrogens is 308 g/mol. The third kappa shape index (κ3) is 2.23. The van der Waals surface area contributed by atoms with Crippen molar-refractivity contribution in [1.29, 1.82) is 0 Å². The molecule has 0 bridgehead atoms. The molecule has 124 valence electrons. The van der Waals surface area contributed by atoms with Gasteiger partial charge in [-0.2, -0.15) is 0 Å². The lowest BCUT2D eigenvalue weighted by atomic mass is 10.00. The molecule has 0 amide bonds. The van der Waals surface area contributed by atoms with Gasteiger partial charge in [0.2, 0.25) is 0 Å². The molecule has 0 aliphatic rings. The predicted octanol–water partition coefficient (Wildman–Crippen LogP) is 4.43. The maximum Gasteiger partial charge on any atom is 0.250 e. The van der Waals surface area contributed by atoms with Crippen LogP contribution < -0.4 is 5.56 Å². The van der Waals surface area contributed by atoms with Gasteiger partial charge in [-0.3, -0.25) is 4.79 Å². The van der Waals surface area contributed by atoms with E-state index >= 15 is 0 Å². The van der Waals surface area contributed by atoms with Gasteiger partial charge in [0.15, 0.2) is 0 Å². The van der Waals surface area contributed by atoms with E-state index in [9.17, 15) is 4.79 Å². The smallest absolute Gasteiger partial charge is 0.250 e. The van der Waals surface area contributed by atoms with Gasteiger partial charge in [-0.25, -0.2) is 0 Å². The first kappa shape index (κ1) is 15.5. The third-order valence-corrected chi connectivity index (χ3v) is 4.97. The number of benzene rings is 2. The Balaban J connectivity index is 2.21. The zero-order valence-corrected chi connectivity index (χ0v) is 14.5. The molecule has 0 aliphatic carbocycles. The molecule has 3 nitrogen and oxygen atoms in total. The molecule has 25 heavy (non-hydrogen) atoms. The Hall–Kier alpha value is -3.07. The first-order valence-electron chi connectivity index (χ1n) is 8.40. The van der Waals surface area contributed by atoms with Crippen molar-refractivity contribution in [2.24, 2.45) is 14.1 Å². The first-order chi connectivity index (χ1) is 12.1.